The minimum atomic E-state index is -0.482. The summed E-state index contributed by atoms with van der Waals surface area (Å²) in [5.41, 5.74) is 2.10. The lowest BCUT2D eigenvalue weighted by atomic mass is 9.98. The Hall–Kier alpha value is -3.67. The molecule has 0 unspecified atom stereocenters. The smallest absolute Gasteiger partial charge is 0.273 e. The van der Waals surface area contributed by atoms with Crippen LogP contribution in [0, 0.1) is 10.1 Å². The van der Waals surface area contributed by atoms with Gasteiger partial charge in [0.2, 0.25) is 5.91 Å². The number of nitro benzene ring substituents is 1. The van der Waals surface area contributed by atoms with Crippen molar-refractivity contribution in [2.24, 2.45) is 0 Å². The molecule has 3 rings (SSSR count). The Morgan fingerprint density at radius 3 is 2.43 bits per heavy atom. The Bertz CT molecular complexity index is 973. The summed E-state index contributed by atoms with van der Waals surface area (Å²) in [7, 11) is 0. The Kier molecular flexibility index (Phi) is 6.01. The molecule has 3 aromatic rings. The molecule has 0 spiro atoms. The van der Waals surface area contributed by atoms with Gasteiger partial charge in [-0.1, -0.05) is 60.7 Å². The Morgan fingerprint density at radius 2 is 1.71 bits per heavy atom. The van der Waals surface area contributed by atoms with E-state index in [1.807, 2.05) is 36.4 Å². The second-order valence-corrected chi connectivity index (χ2v) is 6.47. The molecule has 3 aromatic carbocycles. The molecular formula is C22H20N2O4. The largest absolute Gasteiger partial charge is 0.508 e. The maximum atomic E-state index is 12.6. The van der Waals surface area contributed by atoms with Gasteiger partial charge in [-0.3, -0.25) is 14.9 Å². The van der Waals surface area contributed by atoms with Crippen LogP contribution in [-0.4, -0.2) is 15.9 Å². The number of benzene rings is 3. The summed E-state index contributed by atoms with van der Waals surface area (Å²) in [4.78, 5) is 23.3. The van der Waals surface area contributed by atoms with Crippen molar-refractivity contribution in [3.05, 3.63) is 106 Å². The number of hydrogen-bond donors (Lipinski definition) is 2. The highest BCUT2D eigenvalue weighted by Gasteiger charge is 2.19. The lowest BCUT2D eigenvalue weighted by Crippen LogP contribution is -2.31. The highest BCUT2D eigenvalue weighted by atomic mass is 16.6. The molecule has 2 N–H and O–H groups in total. The number of aromatic hydroxyl groups is 1. The lowest BCUT2D eigenvalue weighted by molar-refractivity contribution is -0.385. The second kappa shape index (κ2) is 8.81. The molecule has 1 atom stereocenters. The topological polar surface area (TPSA) is 92.5 Å². The van der Waals surface area contributed by atoms with E-state index in [1.165, 1.54) is 6.07 Å². The van der Waals surface area contributed by atoms with Crippen molar-refractivity contribution in [1.82, 2.24) is 5.32 Å². The fourth-order valence-corrected chi connectivity index (χ4v) is 3.11. The fourth-order valence-electron chi connectivity index (χ4n) is 3.11. The molecule has 0 fully saturated rings. The Morgan fingerprint density at radius 1 is 1.00 bits per heavy atom. The van der Waals surface area contributed by atoms with Crippen LogP contribution in [0.3, 0.4) is 0 Å². The molecule has 0 aromatic heterocycles. The zero-order chi connectivity index (χ0) is 19.9. The zero-order valence-electron chi connectivity index (χ0n) is 15.1. The molecule has 6 nitrogen and oxygen atoms in total. The number of nitrogens with zero attached hydrogens (tertiary/aromatic N) is 1. The van der Waals surface area contributed by atoms with Gasteiger partial charge >= 0.3 is 0 Å². The standard InChI is InChI=1S/C22H20N2O4/c25-19-11-6-7-16(13-19)14-20(17-8-2-1-3-9-17)23-22(26)15-18-10-4-5-12-21(18)24(27)28/h1-13,20,25H,14-15H2,(H,23,26)/t20-/m1/s1. The van der Waals surface area contributed by atoms with E-state index < -0.39 is 4.92 Å². The van der Waals surface area contributed by atoms with Gasteiger partial charge in [0.1, 0.15) is 5.75 Å². The van der Waals surface area contributed by atoms with Gasteiger partial charge in [-0.15, -0.1) is 0 Å². The first kappa shape index (κ1) is 19.1. The van der Waals surface area contributed by atoms with Crippen LogP contribution in [0.25, 0.3) is 0 Å². The van der Waals surface area contributed by atoms with Crippen molar-refractivity contribution in [3.8, 4) is 5.75 Å². The predicted octanol–water partition coefficient (Wildman–Crippen LogP) is 3.94. The van der Waals surface area contributed by atoms with Gasteiger partial charge in [0.15, 0.2) is 0 Å². The van der Waals surface area contributed by atoms with Crippen molar-refractivity contribution in [2.45, 2.75) is 18.9 Å². The molecule has 0 heterocycles. The summed E-state index contributed by atoms with van der Waals surface area (Å²) in [5.74, 6) is -0.140. The van der Waals surface area contributed by atoms with E-state index in [0.717, 1.165) is 11.1 Å². The third-order valence-electron chi connectivity index (χ3n) is 4.43. The molecule has 142 valence electrons. The van der Waals surface area contributed by atoms with Gasteiger partial charge in [-0.2, -0.15) is 0 Å². The number of carbonyl (C=O) groups is 1. The number of nitrogens with one attached hydrogen (secondary N) is 1. The number of phenolic OH excluding ortho intramolecular Hbond substituents is 1. The monoisotopic (exact) mass is 376 g/mol. The van der Waals surface area contributed by atoms with Crippen LogP contribution >= 0.6 is 0 Å². The predicted molar refractivity (Wildman–Crippen MR) is 106 cm³/mol. The van der Waals surface area contributed by atoms with Crippen molar-refractivity contribution in [2.75, 3.05) is 0 Å². The van der Waals surface area contributed by atoms with Gasteiger partial charge < -0.3 is 10.4 Å². The summed E-state index contributed by atoms with van der Waals surface area (Å²) in [6.07, 6.45) is 0.404. The number of phenols is 1. The number of para-hydroxylation sites is 1. The quantitative estimate of drug-likeness (QED) is 0.482. The molecule has 6 heteroatoms. The average Bonchev–Trinajstić information content (AvgIpc) is 2.68. The molecule has 0 radical (unpaired) electrons. The summed E-state index contributed by atoms with van der Waals surface area (Å²) >= 11 is 0. The minimum absolute atomic E-state index is 0.0677. The summed E-state index contributed by atoms with van der Waals surface area (Å²) in [6.45, 7) is 0. The van der Waals surface area contributed by atoms with E-state index >= 15 is 0 Å². The van der Waals surface area contributed by atoms with Gasteiger partial charge in [-0.25, -0.2) is 0 Å². The first-order valence-electron chi connectivity index (χ1n) is 8.87. The van der Waals surface area contributed by atoms with Crippen LogP contribution in [0.4, 0.5) is 5.69 Å². The van der Waals surface area contributed by atoms with Gasteiger partial charge in [0.05, 0.1) is 17.4 Å². The Balaban J connectivity index is 1.79. The molecule has 0 aliphatic heterocycles. The Labute approximate surface area is 162 Å². The number of amides is 1. The van der Waals surface area contributed by atoms with Crippen LogP contribution in [0.1, 0.15) is 22.7 Å². The molecular weight excluding hydrogens is 356 g/mol. The lowest BCUT2D eigenvalue weighted by Gasteiger charge is -2.20. The number of hydrogen-bond acceptors (Lipinski definition) is 4. The number of rotatable bonds is 7. The van der Waals surface area contributed by atoms with Crippen LogP contribution in [-0.2, 0) is 17.6 Å². The third-order valence-corrected chi connectivity index (χ3v) is 4.43. The van der Waals surface area contributed by atoms with E-state index in [2.05, 4.69) is 5.32 Å². The SMILES string of the molecule is O=C(Cc1ccccc1[N+](=O)[O-])N[C@H](Cc1cccc(O)c1)c1ccccc1. The van der Waals surface area contributed by atoms with Crippen LogP contribution in [0.15, 0.2) is 78.9 Å². The molecule has 28 heavy (non-hydrogen) atoms. The van der Waals surface area contributed by atoms with Crippen LogP contribution in [0.5, 0.6) is 5.75 Å². The van der Waals surface area contributed by atoms with Crippen molar-refractivity contribution in [3.63, 3.8) is 0 Å². The number of carbonyl (C=O) groups excluding carboxylic acids is 1. The molecule has 0 aliphatic rings. The van der Waals surface area contributed by atoms with Crippen molar-refractivity contribution >= 4 is 11.6 Å². The van der Waals surface area contributed by atoms with Crippen molar-refractivity contribution < 1.29 is 14.8 Å². The molecule has 0 bridgehead atoms. The van der Waals surface area contributed by atoms with E-state index in [4.69, 9.17) is 0 Å². The normalized spacial score (nSPS) is 11.6. The minimum Gasteiger partial charge on any atom is -0.508 e. The van der Waals surface area contributed by atoms with Crippen molar-refractivity contribution in [1.29, 1.82) is 0 Å². The van der Waals surface area contributed by atoms with Gasteiger partial charge in [0, 0.05) is 11.6 Å². The maximum absolute atomic E-state index is 12.6. The number of nitro groups is 1. The van der Waals surface area contributed by atoms with Crippen LogP contribution in [0.2, 0.25) is 0 Å². The van der Waals surface area contributed by atoms with E-state index in [-0.39, 0.29) is 29.8 Å². The summed E-state index contributed by atoms with van der Waals surface area (Å²) in [5, 5.41) is 23.8. The first-order chi connectivity index (χ1) is 13.5. The van der Waals surface area contributed by atoms with E-state index in [1.54, 1.807) is 36.4 Å². The third kappa shape index (κ3) is 4.94. The first-order valence-corrected chi connectivity index (χ1v) is 8.87. The van der Waals surface area contributed by atoms with Crippen LogP contribution < -0.4 is 5.32 Å². The van der Waals surface area contributed by atoms with Gasteiger partial charge in [-0.05, 0) is 29.7 Å². The molecule has 0 aliphatic carbocycles. The summed E-state index contributed by atoms with van der Waals surface area (Å²) < 4.78 is 0. The molecule has 0 saturated carbocycles. The molecule has 0 saturated heterocycles. The van der Waals surface area contributed by atoms with E-state index in [0.29, 0.717) is 12.0 Å². The van der Waals surface area contributed by atoms with Gasteiger partial charge in [0.25, 0.3) is 5.69 Å². The maximum Gasteiger partial charge on any atom is 0.273 e. The molecule has 1 amide bonds. The fraction of sp³-hybridized carbons (Fsp3) is 0.136. The highest BCUT2D eigenvalue weighted by Crippen LogP contribution is 2.22. The highest BCUT2D eigenvalue weighted by molar-refractivity contribution is 5.80. The van der Waals surface area contributed by atoms with E-state index in [9.17, 15) is 20.0 Å². The zero-order valence-corrected chi connectivity index (χ0v) is 15.1. The average molecular weight is 376 g/mol. The summed E-state index contributed by atoms with van der Waals surface area (Å²) in [6, 6.07) is 22.3. The second-order valence-electron chi connectivity index (χ2n) is 6.47.